The van der Waals surface area contributed by atoms with Crippen LogP contribution in [0.3, 0.4) is 0 Å². The van der Waals surface area contributed by atoms with Crippen molar-refractivity contribution < 1.29 is 9.13 Å². The van der Waals surface area contributed by atoms with E-state index in [1.165, 1.54) is 6.07 Å². The molecule has 0 aromatic heterocycles. The molecule has 1 heterocycles. The molecule has 0 fully saturated rings. The molecule has 3 rings (SSSR count). The molecule has 0 bridgehead atoms. The summed E-state index contributed by atoms with van der Waals surface area (Å²) in [6, 6.07) is 10.6. The molecule has 104 valence electrons. The third-order valence-corrected chi connectivity index (χ3v) is 4.34. The van der Waals surface area contributed by atoms with Crippen molar-refractivity contribution in [2.75, 3.05) is 6.61 Å². The lowest BCUT2D eigenvalue weighted by molar-refractivity contribution is 0.357. The summed E-state index contributed by atoms with van der Waals surface area (Å²) >= 11 is 3.29. The quantitative estimate of drug-likeness (QED) is 0.668. The lowest BCUT2D eigenvalue weighted by Gasteiger charge is -2.19. The Kier molecular flexibility index (Phi) is 3.74. The number of halogens is 2. The Bertz CT molecular complexity index is 648. The highest BCUT2D eigenvalue weighted by Crippen LogP contribution is 2.33. The molecule has 0 aliphatic carbocycles. The second kappa shape index (κ2) is 5.52. The first-order chi connectivity index (χ1) is 9.70. The average molecular weight is 337 g/mol. The number of fused-ring (bicyclic) bond motifs is 1. The lowest BCUT2D eigenvalue weighted by Crippen LogP contribution is -2.29. The molecule has 0 saturated carbocycles. The minimum atomic E-state index is -0.299. The van der Waals surface area contributed by atoms with E-state index in [2.05, 4.69) is 27.4 Å². The van der Waals surface area contributed by atoms with Crippen molar-refractivity contribution in [3.05, 3.63) is 63.4 Å². The summed E-state index contributed by atoms with van der Waals surface area (Å²) in [5.41, 5.74) is 5.68. The van der Waals surface area contributed by atoms with Crippen LogP contribution in [0.25, 0.3) is 0 Å². The van der Waals surface area contributed by atoms with E-state index in [0.717, 1.165) is 28.9 Å². The van der Waals surface area contributed by atoms with Gasteiger partial charge in [0, 0.05) is 6.42 Å². The molecule has 1 aliphatic rings. The third-order valence-electron chi connectivity index (χ3n) is 3.51. The Balaban J connectivity index is 2.03. The number of hydrogen-bond donors (Lipinski definition) is 2. The Hall–Kier alpha value is -1.43. The molecule has 1 atom stereocenters. The van der Waals surface area contributed by atoms with Crippen LogP contribution in [0.2, 0.25) is 0 Å². The molecule has 5 heteroatoms. The maximum absolute atomic E-state index is 13.7. The summed E-state index contributed by atoms with van der Waals surface area (Å²) in [5.74, 6) is 6.30. The largest absolute Gasteiger partial charge is 0.493 e. The lowest BCUT2D eigenvalue weighted by atomic mass is 9.97. The van der Waals surface area contributed by atoms with Crippen LogP contribution in [0.5, 0.6) is 5.75 Å². The molecule has 0 radical (unpaired) electrons. The van der Waals surface area contributed by atoms with Gasteiger partial charge in [0.05, 0.1) is 17.1 Å². The summed E-state index contributed by atoms with van der Waals surface area (Å²) in [6.45, 7) is 0.711. The molecule has 1 aliphatic heterocycles. The Labute approximate surface area is 125 Å². The maximum atomic E-state index is 13.7. The summed E-state index contributed by atoms with van der Waals surface area (Å²) in [4.78, 5) is 0. The second-order valence-corrected chi connectivity index (χ2v) is 5.50. The van der Waals surface area contributed by atoms with Crippen LogP contribution in [0.1, 0.15) is 22.7 Å². The fourth-order valence-electron chi connectivity index (χ4n) is 2.50. The predicted molar refractivity (Wildman–Crippen MR) is 78.9 cm³/mol. The highest BCUT2D eigenvalue weighted by Gasteiger charge is 2.20. The van der Waals surface area contributed by atoms with Crippen LogP contribution in [0.4, 0.5) is 4.39 Å². The Morgan fingerprint density at radius 1 is 1.30 bits per heavy atom. The molecular weight excluding hydrogens is 323 g/mol. The number of benzene rings is 2. The number of rotatable bonds is 3. The normalized spacial score (nSPS) is 14.8. The molecule has 3 nitrogen and oxygen atoms in total. The first kappa shape index (κ1) is 13.5. The monoisotopic (exact) mass is 336 g/mol. The topological polar surface area (TPSA) is 47.3 Å². The van der Waals surface area contributed by atoms with Gasteiger partial charge in [-0.3, -0.25) is 5.84 Å². The van der Waals surface area contributed by atoms with Gasteiger partial charge in [-0.1, -0.05) is 24.3 Å². The van der Waals surface area contributed by atoms with Gasteiger partial charge >= 0.3 is 0 Å². The smallest absolute Gasteiger partial charge is 0.137 e. The van der Waals surface area contributed by atoms with Crippen molar-refractivity contribution in [3.8, 4) is 5.75 Å². The molecule has 3 N–H and O–H groups in total. The van der Waals surface area contributed by atoms with Gasteiger partial charge in [-0.25, -0.2) is 9.82 Å². The van der Waals surface area contributed by atoms with Gasteiger partial charge in [-0.15, -0.1) is 0 Å². The fraction of sp³-hybridized carbons (Fsp3) is 0.200. The number of hydrogen-bond acceptors (Lipinski definition) is 3. The molecule has 0 amide bonds. The zero-order chi connectivity index (χ0) is 14.1. The minimum Gasteiger partial charge on any atom is -0.493 e. The molecule has 1 unspecified atom stereocenters. The zero-order valence-electron chi connectivity index (χ0n) is 10.7. The highest BCUT2D eigenvalue weighted by molar-refractivity contribution is 9.10. The first-order valence-electron chi connectivity index (χ1n) is 6.36. The van der Waals surface area contributed by atoms with E-state index in [9.17, 15) is 4.39 Å². The standard InChI is InChI=1S/C15H14BrFN2O/c16-14-11(2-1-3-12(14)17)15(19-18)10-4-5-13-9(8-10)6-7-20-13/h1-5,8,15,19H,6-7,18H2. The van der Waals surface area contributed by atoms with E-state index in [0.29, 0.717) is 11.1 Å². The van der Waals surface area contributed by atoms with E-state index in [-0.39, 0.29) is 11.9 Å². The second-order valence-electron chi connectivity index (χ2n) is 4.71. The predicted octanol–water partition coefficient (Wildman–Crippen LogP) is 3.08. The summed E-state index contributed by atoms with van der Waals surface area (Å²) in [7, 11) is 0. The fourth-order valence-corrected chi connectivity index (χ4v) is 2.99. The van der Waals surface area contributed by atoms with E-state index in [1.54, 1.807) is 6.07 Å². The van der Waals surface area contributed by atoms with Crippen LogP contribution < -0.4 is 16.0 Å². The summed E-state index contributed by atoms with van der Waals surface area (Å²) in [5, 5.41) is 0. The van der Waals surface area contributed by atoms with E-state index < -0.39 is 0 Å². The Morgan fingerprint density at radius 3 is 2.95 bits per heavy atom. The van der Waals surface area contributed by atoms with E-state index in [1.807, 2.05) is 18.2 Å². The van der Waals surface area contributed by atoms with Gasteiger partial charge in [-0.05, 0) is 44.8 Å². The number of ether oxygens (including phenoxy) is 1. The molecular formula is C15H14BrFN2O. The van der Waals surface area contributed by atoms with Crippen molar-refractivity contribution in [2.45, 2.75) is 12.5 Å². The maximum Gasteiger partial charge on any atom is 0.137 e. The number of nitrogens with two attached hydrogens (primary N) is 1. The first-order valence-corrected chi connectivity index (χ1v) is 7.15. The highest BCUT2D eigenvalue weighted by atomic mass is 79.9. The van der Waals surface area contributed by atoms with Crippen molar-refractivity contribution in [1.29, 1.82) is 0 Å². The van der Waals surface area contributed by atoms with Crippen molar-refractivity contribution in [2.24, 2.45) is 5.84 Å². The zero-order valence-corrected chi connectivity index (χ0v) is 12.3. The average Bonchev–Trinajstić information content (AvgIpc) is 2.92. The Morgan fingerprint density at radius 2 is 2.15 bits per heavy atom. The van der Waals surface area contributed by atoms with Crippen LogP contribution in [0.15, 0.2) is 40.9 Å². The SMILES string of the molecule is NNC(c1ccc2c(c1)CCO2)c1cccc(F)c1Br. The van der Waals surface area contributed by atoms with Crippen LogP contribution in [-0.4, -0.2) is 6.61 Å². The van der Waals surface area contributed by atoms with E-state index >= 15 is 0 Å². The van der Waals surface area contributed by atoms with Gasteiger partial charge < -0.3 is 4.74 Å². The summed E-state index contributed by atoms with van der Waals surface area (Å²) < 4.78 is 19.6. The molecule has 2 aromatic rings. The third kappa shape index (κ3) is 2.32. The van der Waals surface area contributed by atoms with Crippen LogP contribution in [-0.2, 0) is 6.42 Å². The van der Waals surface area contributed by atoms with Gasteiger partial charge in [-0.2, -0.15) is 0 Å². The van der Waals surface area contributed by atoms with Crippen molar-refractivity contribution in [1.82, 2.24) is 5.43 Å². The van der Waals surface area contributed by atoms with Crippen LogP contribution >= 0.6 is 15.9 Å². The van der Waals surface area contributed by atoms with Gasteiger partial charge in [0.2, 0.25) is 0 Å². The van der Waals surface area contributed by atoms with E-state index in [4.69, 9.17) is 10.6 Å². The van der Waals surface area contributed by atoms with Crippen molar-refractivity contribution in [3.63, 3.8) is 0 Å². The molecule has 0 spiro atoms. The molecule has 0 saturated heterocycles. The molecule has 20 heavy (non-hydrogen) atoms. The summed E-state index contributed by atoms with van der Waals surface area (Å²) in [6.07, 6.45) is 0.894. The number of hydrazine groups is 1. The minimum absolute atomic E-state index is 0.272. The number of nitrogens with one attached hydrogen (secondary N) is 1. The van der Waals surface area contributed by atoms with Crippen LogP contribution in [0, 0.1) is 5.82 Å². The van der Waals surface area contributed by atoms with Gasteiger partial charge in [0.25, 0.3) is 0 Å². The van der Waals surface area contributed by atoms with Gasteiger partial charge in [0.1, 0.15) is 11.6 Å². The van der Waals surface area contributed by atoms with Crippen molar-refractivity contribution >= 4 is 15.9 Å². The van der Waals surface area contributed by atoms with Gasteiger partial charge in [0.15, 0.2) is 0 Å². The molecule has 2 aromatic carbocycles.